The first-order valence-corrected chi connectivity index (χ1v) is 11.6. The lowest BCUT2D eigenvalue weighted by Gasteiger charge is -2.16. The summed E-state index contributed by atoms with van der Waals surface area (Å²) in [6.45, 7) is 7.40. The molecule has 0 radical (unpaired) electrons. The van der Waals surface area contributed by atoms with Gasteiger partial charge in [0.05, 0.1) is 13.0 Å². The number of nitrogens with one attached hydrogen (secondary N) is 2. The zero-order valence-corrected chi connectivity index (χ0v) is 19.7. The topological polar surface area (TPSA) is 100 Å². The molecule has 8 nitrogen and oxygen atoms in total. The fourth-order valence-electron chi connectivity index (χ4n) is 3.95. The van der Waals surface area contributed by atoms with Crippen LogP contribution in [0.4, 0.5) is 5.13 Å². The molecule has 0 unspecified atom stereocenters. The molecular formula is C23H29N5O3S. The Hall–Kier alpha value is -2.94. The first-order chi connectivity index (χ1) is 15.2. The van der Waals surface area contributed by atoms with Gasteiger partial charge < -0.3 is 19.9 Å². The second-order valence-corrected chi connectivity index (χ2v) is 10.5. The van der Waals surface area contributed by atoms with Crippen molar-refractivity contribution in [3.8, 4) is 5.75 Å². The highest BCUT2D eigenvalue weighted by Crippen LogP contribution is 2.27. The molecule has 1 aromatic carbocycles. The first kappa shape index (κ1) is 22.3. The van der Waals surface area contributed by atoms with Gasteiger partial charge in [0.1, 0.15) is 10.8 Å². The number of nitrogens with zero attached hydrogens (tertiary/aromatic N) is 3. The highest BCUT2D eigenvalue weighted by Gasteiger charge is 2.34. The van der Waals surface area contributed by atoms with E-state index in [1.165, 1.54) is 11.3 Å². The fraction of sp³-hybridized carbons (Fsp3) is 0.478. The lowest BCUT2D eigenvalue weighted by Crippen LogP contribution is -2.30. The molecule has 170 valence electrons. The number of anilines is 1. The maximum absolute atomic E-state index is 12.7. The molecule has 1 aliphatic rings. The first-order valence-electron chi connectivity index (χ1n) is 10.8. The van der Waals surface area contributed by atoms with E-state index in [0.717, 1.165) is 33.6 Å². The molecule has 32 heavy (non-hydrogen) atoms. The zero-order chi connectivity index (χ0) is 22.9. The van der Waals surface area contributed by atoms with Crippen LogP contribution in [0.5, 0.6) is 5.75 Å². The van der Waals surface area contributed by atoms with Crippen LogP contribution in [0, 0.1) is 11.3 Å². The van der Waals surface area contributed by atoms with Gasteiger partial charge in [0, 0.05) is 43.0 Å². The van der Waals surface area contributed by atoms with Crippen LogP contribution in [0.2, 0.25) is 0 Å². The van der Waals surface area contributed by atoms with Crippen LogP contribution in [0.25, 0.3) is 10.9 Å². The number of aromatic nitrogens is 3. The number of methoxy groups -OCH3 is 1. The maximum atomic E-state index is 12.7. The molecule has 1 atom stereocenters. The molecule has 2 N–H and O–H groups in total. The smallest absolute Gasteiger partial charge is 0.231 e. The number of fused-ring (bicyclic) bond motifs is 1. The SMILES string of the molecule is COc1ccc2[nH]cc(CCN3C[C@H](C(=O)Nc4nnc(CC(C)(C)C)s4)CC3=O)c2c1. The number of carbonyl (C=O) groups is 2. The van der Waals surface area contributed by atoms with Crippen LogP contribution in [-0.2, 0) is 22.4 Å². The number of likely N-dealkylation sites (tertiary alicyclic amines) is 1. The van der Waals surface area contributed by atoms with E-state index in [2.05, 4.69) is 41.3 Å². The van der Waals surface area contributed by atoms with Gasteiger partial charge in [0.25, 0.3) is 0 Å². The van der Waals surface area contributed by atoms with Crippen LogP contribution in [0.3, 0.4) is 0 Å². The molecule has 1 saturated heterocycles. The number of benzene rings is 1. The number of rotatable bonds is 7. The predicted molar refractivity (Wildman–Crippen MR) is 125 cm³/mol. The Morgan fingerprint density at radius 3 is 2.91 bits per heavy atom. The number of H-pyrrole nitrogens is 1. The predicted octanol–water partition coefficient (Wildman–Crippen LogP) is 3.65. The van der Waals surface area contributed by atoms with Crippen LogP contribution in [0.1, 0.15) is 37.8 Å². The number of hydrogen-bond acceptors (Lipinski definition) is 6. The van der Waals surface area contributed by atoms with Gasteiger partial charge in [-0.3, -0.25) is 9.59 Å². The standard InChI is InChI=1S/C23H29N5O3S/c1-23(2,3)11-19-26-27-22(32-19)25-21(30)15-9-20(29)28(13-15)8-7-14-12-24-18-6-5-16(31-4)10-17(14)18/h5-6,10,12,15,24H,7-9,11,13H2,1-4H3,(H,25,27,30)/t15-/m1/s1. The maximum Gasteiger partial charge on any atom is 0.231 e. The lowest BCUT2D eigenvalue weighted by atomic mass is 9.93. The number of carbonyl (C=O) groups excluding carboxylic acids is 2. The Bertz CT molecular complexity index is 1130. The van der Waals surface area contributed by atoms with Crippen molar-refractivity contribution in [3.63, 3.8) is 0 Å². The van der Waals surface area contributed by atoms with Crippen molar-refractivity contribution in [2.45, 2.75) is 40.0 Å². The average Bonchev–Trinajstić information content (AvgIpc) is 3.43. The minimum atomic E-state index is -0.375. The summed E-state index contributed by atoms with van der Waals surface area (Å²) in [6, 6.07) is 5.90. The van der Waals surface area contributed by atoms with Crippen LogP contribution in [-0.4, -0.2) is 52.1 Å². The Morgan fingerprint density at radius 2 is 2.16 bits per heavy atom. The van der Waals surface area contributed by atoms with Gasteiger partial charge in [0.15, 0.2) is 0 Å². The summed E-state index contributed by atoms with van der Waals surface area (Å²) in [4.78, 5) is 30.3. The van der Waals surface area contributed by atoms with E-state index in [1.54, 1.807) is 12.0 Å². The van der Waals surface area contributed by atoms with Gasteiger partial charge in [0.2, 0.25) is 16.9 Å². The van der Waals surface area contributed by atoms with E-state index < -0.39 is 0 Å². The van der Waals surface area contributed by atoms with E-state index in [-0.39, 0.29) is 29.6 Å². The molecule has 1 fully saturated rings. The Kier molecular flexibility index (Phi) is 6.19. The van der Waals surface area contributed by atoms with E-state index >= 15 is 0 Å². The van der Waals surface area contributed by atoms with E-state index in [9.17, 15) is 9.59 Å². The van der Waals surface area contributed by atoms with Crippen molar-refractivity contribution in [1.29, 1.82) is 0 Å². The van der Waals surface area contributed by atoms with Crippen molar-refractivity contribution < 1.29 is 14.3 Å². The quantitative estimate of drug-likeness (QED) is 0.566. The highest BCUT2D eigenvalue weighted by atomic mass is 32.1. The summed E-state index contributed by atoms with van der Waals surface area (Å²) in [5, 5.41) is 13.6. The fourth-order valence-corrected chi connectivity index (χ4v) is 4.99. The molecule has 3 aromatic rings. The van der Waals surface area contributed by atoms with Gasteiger partial charge in [-0.2, -0.15) is 0 Å². The van der Waals surface area contributed by atoms with Crippen molar-refractivity contribution in [2.75, 3.05) is 25.5 Å². The average molecular weight is 456 g/mol. The molecule has 3 heterocycles. The summed E-state index contributed by atoms with van der Waals surface area (Å²) in [7, 11) is 1.65. The van der Waals surface area contributed by atoms with Crippen molar-refractivity contribution >= 4 is 39.2 Å². The summed E-state index contributed by atoms with van der Waals surface area (Å²) in [6.07, 6.45) is 3.70. The second-order valence-electron chi connectivity index (χ2n) is 9.44. The minimum Gasteiger partial charge on any atom is -0.497 e. The van der Waals surface area contributed by atoms with Gasteiger partial charge in [-0.15, -0.1) is 10.2 Å². The van der Waals surface area contributed by atoms with Crippen LogP contribution >= 0.6 is 11.3 Å². The molecule has 1 aliphatic heterocycles. The van der Waals surface area contributed by atoms with E-state index in [1.807, 2.05) is 24.4 Å². The summed E-state index contributed by atoms with van der Waals surface area (Å²) in [5.74, 6) is 0.264. The number of ether oxygens (including phenoxy) is 1. The Labute approximate surface area is 191 Å². The summed E-state index contributed by atoms with van der Waals surface area (Å²) in [5.41, 5.74) is 2.27. The molecule has 0 aliphatic carbocycles. The lowest BCUT2D eigenvalue weighted by molar-refractivity contribution is -0.128. The molecule has 0 bridgehead atoms. The summed E-state index contributed by atoms with van der Waals surface area (Å²) >= 11 is 1.39. The van der Waals surface area contributed by atoms with Gasteiger partial charge in [-0.25, -0.2) is 0 Å². The summed E-state index contributed by atoms with van der Waals surface area (Å²) < 4.78 is 5.32. The minimum absolute atomic E-state index is 0.00765. The second kappa shape index (κ2) is 8.90. The normalized spacial score (nSPS) is 16.7. The molecule has 0 spiro atoms. The molecule has 4 rings (SSSR count). The zero-order valence-electron chi connectivity index (χ0n) is 18.9. The van der Waals surface area contributed by atoms with Crippen molar-refractivity contribution in [2.24, 2.45) is 11.3 Å². The molecule has 2 aromatic heterocycles. The van der Waals surface area contributed by atoms with E-state index in [4.69, 9.17) is 4.74 Å². The number of aromatic amines is 1. The van der Waals surface area contributed by atoms with E-state index in [0.29, 0.717) is 24.6 Å². The van der Waals surface area contributed by atoms with Gasteiger partial charge in [-0.05, 0) is 35.6 Å². The third-order valence-corrected chi connectivity index (χ3v) is 6.43. The molecule has 0 saturated carbocycles. The Morgan fingerprint density at radius 1 is 1.34 bits per heavy atom. The molecular weight excluding hydrogens is 426 g/mol. The Balaban J connectivity index is 1.34. The monoisotopic (exact) mass is 455 g/mol. The highest BCUT2D eigenvalue weighted by molar-refractivity contribution is 7.15. The van der Waals surface area contributed by atoms with Crippen molar-refractivity contribution in [3.05, 3.63) is 35.0 Å². The van der Waals surface area contributed by atoms with Crippen molar-refractivity contribution in [1.82, 2.24) is 20.1 Å². The number of hydrogen-bond donors (Lipinski definition) is 2. The molecule has 9 heteroatoms. The third kappa shape index (κ3) is 5.09. The van der Waals surface area contributed by atoms with Gasteiger partial charge >= 0.3 is 0 Å². The third-order valence-electron chi connectivity index (χ3n) is 5.59. The van der Waals surface area contributed by atoms with Crippen LogP contribution < -0.4 is 10.1 Å². The number of amides is 2. The van der Waals surface area contributed by atoms with Crippen LogP contribution in [0.15, 0.2) is 24.4 Å². The molecule has 2 amide bonds. The van der Waals surface area contributed by atoms with Gasteiger partial charge in [-0.1, -0.05) is 32.1 Å². The largest absolute Gasteiger partial charge is 0.497 e.